The Morgan fingerprint density at radius 1 is 1.29 bits per heavy atom. The summed E-state index contributed by atoms with van der Waals surface area (Å²) in [6.07, 6.45) is 0.0652. The lowest BCUT2D eigenvalue weighted by atomic mass is 9.91. The molecule has 0 bridgehead atoms. The van der Waals surface area contributed by atoms with Crippen LogP contribution in [0.5, 0.6) is 5.75 Å². The van der Waals surface area contributed by atoms with E-state index in [0.717, 1.165) is 0 Å². The van der Waals surface area contributed by atoms with Crippen molar-refractivity contribution in [3.05, 3.63) is 29.8 Å². The number of piperidine rings is 1. The van der Waals surface area contributed by atoms with Crippen molar-refractivity contribution in [3.63, 3.8) is 0 Å². The minimum absolute atomic E-state index is 0.0326. The molecule has 114 valence electrons. The molecule has 6 heteroatoms. The SMILES string of the molecule is CCOc1ccccc1C(=O)N1CCC(O)(C(=O)O)CC1. The van der Waals surface area contributed by atoms with Gasteiger partial charge in [-0.3, -0.25) is 4.79 Å². The predicted molar refractivity (Wildman–Crippen MR) is 75.3 cm³/mol. The Balaban J connectivity index is 2.11. The first-order chi connectivity index (χ1) is 9.98. The van der Waals surface area contributed by atoms with E-state index in [1.54, 1.807) is 29.2 Å². The maximum Gasteiger partial charge on any atom is 0.335 e. The molecule has 1 heterocycles. The smallest absolute Gasteiger partial charge is 0.335 e. The highest BCUT2D eigenvalue weighted by Gasteiger charge is 2.40. The highest BCUT2D eigenvalue weighted by atomic mass is 16.5. The molecule has 0 saturated carbocycles. The standard InChI is InChI=1S/C15H19NO5/c1-2-21-12-6-4-3-5-11(12)13(17)16-9-7-15(20,8-10-16)14(18)19/h3-6,20H,2,7-10H2,1H3,(H,18,19). The summed E-state index contributed by atoms with van der Waals surface area (Å²) in [7, 11) is 0. The van der Waals surface area contributed by atoms with Crippen LogP contribution in [0.25, 0.3) is 0 Å². The molecule has 6 nitrogen and oxygen atoms in total. The second-order valence-electron chi connectivity index (χ2n) is 5.06. The van der Waals surface area contributed by atoms with Crippen molar-refractivity contribution in [1.29, 1.82) is 0 Å². The summed E-state index contributed by atoms with van der Waals surface area (Å²) in [5.41, 5.74) is -1.27. The van der Waals surface area contributed by atoms with Crippen molar-refractivity contribution in [3.8, 4) is 5.75 Å². The van der Waals surface area contributed by atoms with E-state index in [0.29, 0.717) is 17.9 Å². The van der Waals surface area contributed by atoms with Crippen LogP contribution in [0.15, 0.2) is 24.3 Å². The van der Waals surface area contributed by atoms with E-state index in [4.69, 9.17) is 9.84 Å². The van der Waals surface area contributed by atoms with Crippen LogP contribution >= 0.6 is 0 Å². The summed E-state index contributed by atoms with van der Waals surface area (Å²) >= 11 is 0. The molecular weight excluding hydrogens is 274 g/mol. The molecular formula is C15H19NO5. The summed E-state index contributed by atoms with van der Waals surface area (Å²) in [4.78, 5) is 25.0. The number of carbonyl (C=O) groups is 2. The normalized spacial score (nSPS) is 17.3. The number of ether oxygens (including phenoxy) is 1. The fraction of sp³-hybridized carbons (Fsp3) is 0.467. The van der Waals surface area contributed by atoms with Crippen molar-refractivity contribution in [1.82, 2.24) is 4.90 Å². The largest absolute Gasteiger partial charge is 0.493 e. The second kappa shape index (κ2) is 6.13. The monoisotopic (exact) mass is 293 g/mol. The van der Waals surface area contributed by atoms with Crippen molar-refractivity contribution < 1.29 is 24.5 Å². The number of rotatable bonds is 4. The van der Waals surface area contributed by atoms with Gasteiger partial charge in [0.05, 0.1) is 12.2 Å². The van der Waals surface area contributed by atoms with Gasteiger partial charge in [-0.25, -0.2) is 4.79 Å². The molecule has 1 saturated heterocycles. The summed E-state index contributed by atoms with van der Waals surface area (Å²) in [5, 5.41) is 18.9. The molecule has 1 aliphatic rings. The Kier molecular flexibility index (Phi) is 4.47. The Morgan fingerprint density at radius 3 is 2.48 bits per heavy atom. The third-order valence-corrected chi connectivity index (χ3v) is 3.69. The minimum atomic E-state index is -1.73. The van der Waals surface area contributed by atoms with Gasteiger partial charge in [-0.05, 0) is 19.1 Å². The lowest BCUT2D eigenvalue weighted by Crippen LogP contribution is -2.50. The fourth-order valence-electron chi connectivity index (χ4n) is 2.39. The molecule has 1 amide bonds. The van der Waals surface area contributed by atoms with Gasteiger partial charge in [0.2, 0.25) is 0 Å². The second-order valence-corrected chi connectivity index (χ2v) is 5.06. The third-order valence-electron chi connectivity index (χ3n) is 3.69. The topological polar surface area (TPSA) is 87.1 Å². The van der Waals surface area contributed by atoms with Crippen LogP contribution in [0.1, 0.15) is 30.1 Å². The molecule has 0 atom stereocenters. The van der Waals surface area contributed by atoms with Gasteiger partial charge in [0.25, 0.3) is 5.91 Å². The Morgan fingerprint density at radius 2 is 1.90 bits per heavy atom. The number of hydrogen-bond acceptors (Lipinski definition) is 4. The van der Waals surface area contributed by atoms with E-state index in [9.17, 15) is 14.7 Å². The molecule has 0 aliphatic carbocycles. The Hall–Kier alpha value is -2.08. The zero-order chi connectivity index (χ0) is 15.5. The number of aliphatic hydroxyl groups is 1. The van der Waals surface area contributed by atoms with Crippen LogP contribution in [0, 0.1) is 0 Å². The van der Waals surface area contributed by atoms with Gasteiger partial charge in [0, 0.05) is 25.9 Å². The molecule has 1 aromatic carbocycles. The number of benzene rings is 1. The van der Waals surface area contributed by atoms with Crippen molar-refractivity contribution in [2.45, 2.75) is 25.4 Å². The number of nitrogens with zero attached hydrogens (tertiary/aromatic N) is 1. The van der Waals surface area contributed by atoms with Gasteiger partial charge in [0.15, 0.2) is 5.60 Å². The summed E-state index contributed by atoms with van der Waals surface area (Å²) in [5.74, 6) is -0.917. The molecule has 1 aromatic rings. The molecule has 0 aromatic heterocycles. The van der Waals surface area contributed by atoms with Crippen LogP contribution in [-0.2, 0) is 4.79 Å². The minimum Gasteiger partial charge on any atom is -0.493 e. The van der Waals surface area contributed by atoms with Crippen molar-refractivity contribution in [2.75, 3.05) is 19.7 Å². The summed E-state index contributed by atoms with van der Waals surface area (Å²) < 4.78 is 5.44. The van der Waals surface area contributed by atoms with Crippen LogP contribution in [0.3, 0.4) is 0 Å². The van der Waals surface area contributed by atoms with Crippen LogP contribution in [0.2, 0.25) is 0 Å². The van der Waals surface area contributed by atoms with E-state index < -0.39 is 11.6 Å². The molecule has 1 aliphatic heterocycles. The number of carboxylic acid groups (broad SMARTS) is 1. The number of para-hydroxylation sites is 1. The van der Waals surface area contributed by atoms with E-state index >= 15 is 0 Å². The quantitative estimate of drug-likeness (QED) is 0.869. The van der Waals surface area contributed by atoms with Gasteiger partial charge in [0.1, 0.15) is 5.75 Å². The molecule has 21 heavy (non-hydrogen) atoms. The third kappa shape index (κ3) is 3.16. The van der Waals surface area contributed by atoms with E-state index in [-0.39, 0.29) is 31.8 Å². The number of hydrogen-bond donors (Lipinski definition) is 2. The van der Waals surface area contributed by atoms with Crippen LogP contribution < -0.4 is 4.74 Å². The molecule has 0 unspecified atom stereocenters. The number of likely N-dealkylation sites (tertiary alicyclic amines) is 1. The van der Waals surface area contributed by atoms with E-state index in [2.05, 4.69) is 0 Å². The van der Waals surface area contributed by atoms with Crippen LogP contribution in [0.4, 0.5) is 0 Å². The zero-order valence-electron chi connectivity index (χ0n) is 11.9. The van der Waals surface area contributed by atoms with Crippen molar-refractivity contribution >= 4 is 11.9 Å². The molecule has 2 rings (SSSR count). The summed E-state index contributed by atoms with van der Waals surface area (Å²) in [6, 6.07) is 6.97. The van der Waals surface area contributed by atoms with Crippen molar-refractivity contribution in [2.24, 2.45) is 0 Å². The predicted octanol–water partition coefficient (Wildman–Crippen LogP) is 1.14. The first kappa shape index (κ1) is 15.3. The first-order valence-corrected chi connectivity index (χ1v) is 6.95. The average molecular weight is 293 g/mol. The lowest BCUT2D eigenvalue weighted by Gasteiger charge is -2.35. The molecule has 0 radical (unpaired) electrons. The number of aliphatic carboxylic acids is 1. The highest BCUT2D eigenvalue weighted by molar-refractivity contribution is 5.97. The van der Waals surface area contributed by atoms with Gasteiger partial charge in [-0.2, -0.15) is 0 Å². The lowest BCUT2D eigenvalue weighted by molar-refractivity contribution is -0.162. The van der Waals surface area contributed by atoms with Gasteiger partial charge in [-0.1, -0.05) is 12.1 Å². The molecule has 2 N–H and O–H groups in total. The molecule has 1 fully saturated rings. The molecule has 0 spiro atoms. The van der Waals surface area contributed by atoms with Crippen LogP contribution in [-0.4, -0.2) is 52.3 Å². The van der Waals surface area contributed by atoms with E-state index in [1.165, 1.54) is 0 Å². The maximum atomic E-state index is 12.5. The maximum absolute atomic E-state index is 12.5. The first-order valence-electron chi connectivity index (χ1n) is 6.95. The number of amides is 1. The average Bonchev–Trinajstić information content (AvgIpc) is 2.48. The fourth-order valence-corrected chi connectivity index (χ4v) is 2.39. The Bertz CT molecular complexity index is 535. The van der Waals surface area contributed by atoms with Gasteiger partial charge >= 0.3 is 5.97 Å². The number of carboxylic acids is 1. The summed E-state index contributed by atoms with van der Waals surface area (Å²) in [6.45, 7) is 2.72. The number of carbonyl (C=O) groups excluding carboxylic acids is 1. The van der Waals surface area contributed by atoms with Gasteiger partial charge < -0.3 is 19.8 Å². The van der Waals surface area contributed by atoms with E-state index in [1.807, 2.05) is 6.92 Å². The Labute approximate surface area is 122 Å². The highest BCUT2D eigenvalue weighted by Crippen LogP contribution is 2.26. The zero-order valence-corrected chi connectivity index (χ0v) is 11.9. The van der Waals surface area contributed by atoms with Gasteiger partial charge in [-0.15, -0.1) is 0 Å².